The molecule has 2 unspecified atom stereocenters. The molecule has 390 valence electrons. The summed E-state index contributed by atoms with van der Waals surface area (Å²) < 4.78 is 22.7. The number of likely N-dealkylation sites (N-methyl/N-ethyl adjacent to an activating group) is 1. The topological polar surface area (TPSA) is 108 Å². The highest BCUT2D eigenvalue weighted by molar-refractivity contribution is 5.71. The van der Waals surface area contributed by atoms with Gasteiger partial charge in [-0.25, -0.2) is 4.79 Å². The van der Waals surface area contributed by atoms with Crippen LogP contribution in [-0.4, -0.2) is 87.4 Å². The van der Waals surface area contributed by atoms with Crippen molar-refractivity contribution in [2.45, 2.75) is 193 Å². The third-order valence-corrected chi connectivity index (χ3v) is 10.7. The largest absolute Gasteiger partial charge is 0.477 e. The summed E-state index contributed by atoms with van der Waals surface area (Å²) in [5.41, 5.74) is 0. The molecule has 0 radical (unpaired) electrons. The molecule has 9 heteroatoms. The average Bonchev–Trinajstić information content (AvgIpc) is 3.31. The van der Waals surface area contributed by atoms with Crippen molar-refractivity contribution in [2.75, 3.05) is 47.5 Å². The first-order valence-corrected chi connectivity index (χ1v) is 26.7. The predicted molar refractivity (Wildman–Crippen MR) is 290 cm³/mol. The highest BCUT2D eigenvalue weighted by atomic mass is 16.7. The molecule has 0 aromatic heterocycles. The molecule has 0 saturated heterocycles. The Morgan fingerprint density at radius 2 is 0.797 bits per heavy atom. The molecule has 0 bridgehead atoms. The minimum absolute atomic E-state index is 0.171. The Balaban J connectivity index is 4.37. The second-order valence-electron chi connectivity index (χ2n) is 18.4. The minimum atomic E-state index is -1.53. The summed E-state index contributed by atoms with van der Waals surface area (Å²) >= 11 is 0. The van der Waals surface area contributed by atoms with Crippen LogP contribution in [-0.2, 0) is 33.3 Å². The summed E-state index contributed by atoms with van der Waals surface area (Å²) in [6.45, 7) is 4.55. The van der Waals surface area contributed by atoms with Gasteiger partial charge in [-0.3, -0.25) is 9.59 Å². The molecule has 0 heterocycles. The van der Waals surface area contributed by atoms with Gasteiger partial charge in [0.1, 0.15) is 13.2 Å². The summed E-state index contributed by atoms with van der Waals surface area (Å²) in [6, 6.07) is 0. The van der Waals surface area contributed by atoms with Crippen LogP contribution in [0.2, 0.25) is 0 Å². The number of carbonyl (C=O) groups is 3. The van der Waals surface area contributed by atoms with Crippen LogP contribution in [0.5, 0.6) is 0 Å². The Labute approximate surface area is 421 Å². The summed E-state index contributed by atoms with van der Waals surface area (Å²) in [6.07, 6.45) is 67.0. The van der Waals surface area contributed by atoms with E-state index in [1.165, 1.54) is 44.9 Å². The molecule has 0 saturated carbocycles. The van der Waals surface area contributed by atoms with Crippen molar-refractivity contribution in [2.24, 2.45) is 0 Å². The highest BCUT2D eigenvalue weighted by Gasteiger charge is 2.25. The Bertz CT molecular complexity index is 1540. The number of unbranched alkanes of at least 4 members (excludes halogenated alkanes) is 12. The number of nitrogens with zero attached hydrogens (tertiary/aromatic N) is 1. The van der Waals surface area contributed by atoms with Crippen molar-refractivity contribution in [3.05, 3.63) is 122 Å². The van der Waals surface area contributed by atoms with Crippen molar-refractivity contribution in [1.82, 2.24) is 0 Å². The van der Waals surface area contributed by atoms with E-state index in [0.717, 1.165) is 96.3 Å². The molecular weight excluding hydrogens is 863 g/mol. The zero-order valence-corrected chi connectivity index (χ0v) is 44.2. The number of hydrogen-bond donors (Lipinski definition) is 1. The number of esters is 2. The first-order valence-electron chi connectivity index (χ1n) is 26.7. The molecule has 69 heavy (non-hydrogen) atoms. The lowest BCUT2D eigenvalue weighted by molar-refractivity contribution is -0.870. The van der Waals surface area contributed by atoms with Gasteiger partial charge in [0, 0.05) is 12.8 Å². The van der Waals surface area contributed by atoms with Crippen LogP contribution >= 0.6 is 0 Å². The predicted octanol–water partition coefficient (Wildman–Crippen LogP) is 15.3. The van der Waals surface area contributed by atoms with Crippen LogP contribution in [0.1, 0.15) is 181 Å². The molecule has 2 atom stereocenters. The van der Waals surface area contributed by atoms with Crippen LogP contribution in [0.4, 0.5) is 0 Å². The summed E-state index contributed by atoms with van der Waals surface area (Å²) in [5, 5.41) is 9.68. The molecule has 0 spiro atoms. The molecule has 0 aromatic carbocycles. The number of hydrogen-bond acceptors (Lipinski definition) is 7. The number of carboxylic acid groups (broad SMARTS) is 1. The summed E-state index contributed by atoms with van der Waals surface area (Å²) in [7, 11) is 5.93. The van der Waals surface area contributed by atoms with E-state index in [4.69, 9.17) is 18.9 Å². The first-order chi connectivity index (χ1) is 33.6. The van der Waals surface area contributed by atoms with Gasteiger partial charge in [-0.05, 0) is 96.3 Å². The first kappa shape index (κ1) is 64.7. The SMILES string of the molecule is CC/C=C\C/C=C\C/C=C\C/C=C\C/C=C\CCCCCCCCCCCCCC(=O)OC(COC(=O)CCC/C=C\C/C=C\C/C=C\C/C=C\C/C=C\CC)COC(OCC[N+](C)(C)C)C(=O)O. The lowest BCUT2D eigenvalue weighted by Crippen LogP contribution is -2.40. The van der Waals surface area contributed by atoms with Crippen LogP contribution in [0.15, 0.2) is 122 Å². The van der Waals surface area contributed by atoms with E-state index in [0.29, 0.717) is 23.9 Å². The van der Waals surface area contributed by atoms with Crippen molar-refractivity contribution >= 4 is 17.9 Å². The van der Waals surface area contributed by atoms with Crippen molar-refractivity contribution < 1.29 is 42.9 Å². The standard InChI is InChI=1S/C60H97NO8/c1-6-8-10-12-14-16-18-20-22-24-25-26-27-28-29-30-31-32-33-35-37-39-41-43-45-47-49-51-58(63)69-56(55-68-60(59(64)65)66-53-52-61(3,4)5)54-67-57(62)50-48-46-44-42-40-38-36-34-23-21-19-17-15-13-11-9-7-2/h8-11,14-17,20-23,25-26,28-29,36,38,42,44,56,60H,6-7,12-13,18-19,24,27,30-35,37,39-41,43,45-55H2,1-5H3/p+1/b10-8-,11-9-,16-14-,17-15-,22-20-,23-21-,26-25-,29-28-,38-36-,44-42-. The molecule has 0 amide bonds. The van der Waals surface area contributed by atoms with Crippen molar-refractivity contribution in [3.8, 4) is 0 Å². The van der Waals surface area contributed by atoms with Crippen molar-refractivity contribution in [1.29, 1.82) is 0 Å². The van der Waals surface area contributed by atoms with Gasteiger partial charge in [-0.1, -0.05) is 193 Å². The van der Waals surface area contributed by atoms with Crippen LogP contribution in [0.3, 0.4) is 0 Å². The number of aliphatic carboxylic acids is 1. The van der Waals surface area contributed by atoms with Gasteiger partial charge in [-0.15, -0.1) is 0 Å². The second kappa shape index (κ2) is 50.1. The number of quaternary nitrogens is 1. The number of carbonyl (C=O) groups excluding carboxylic acids is 2. The van der Waals surface area contributed by atoms with Gasteiger partial charge < -0.3 is 28.5 Å². The van der Waals surface area contributed by atoms with Gasteiger partial charge in [0.15, 0.2) is 6.10 Å². The molecule has 0 fully saturated rings. The molecule has 0 aromatic rings. The second-order valence-corrected chi connectivity index (χ2v) is 18.4. The normalized spacial score (nSPS) is 13.8. The summed E-state index contributed by atoms with van der Waals surface area (Å²) in [5.74, 6) is -2.10. The van der Waals surface area contributed by atoms with E-state index >= 15 is 0 Å². The van der Waals surface area contributed by atoms with Gasteiger partial charge in [0.05, 0.1) is 34.4 Å². The van der Waals surface area contributed by atoms with Gasteiger partial charge in [0.2, 0.25) is 0 Å². The third-order valence-electron chi connectivity index (χ3n) is 10.7. The van der Waals surface area contributed by atoms with Crippen molar-refractivity contribution in [3.63, 3.8) is 0 Å². The minimum Gasteiger partial charge on any atom is -0.477 e. The summed E-state index contributed by atoms with van der Waals surface area (Å²) in [4.78, 5) is 37.3. The van der Waals surface area contributed by atoms with Gasteiger partial charge >= 0.3 is 17.9 Å². The lowest BCUT2D eigenvalue weighted by Gasteiger charge is -2.25. The number of ether oxygens (including phenoxy) is 4. The van der Waals surface area contributed by atoms with E-state index in [1.54, 1.807) is 0 Å². The Hall–Kier alpha value is -4.31. The van der Waals surface area contributed by atoms with E-state index in [-0.39, 0.29) is 32.7 Å². The van der Waals surface area contributed by atoms with Crippen LogP contribution in [0, 0.1) is 0 Å². The Kier molecular flexibility index (Phi) is 47.0. The van der Waals surface area contributed by atoms with E-state index in [1.807, 2.05) is 21.1 Å². The fourth-order valence-corrected chi connectivity index (χ4v) is 6.66. The third kappa shape index (κ3) is 51.4. The maximum atomic E-state index is 12.8. The van der Waals surface area contributed by atoms with E-state index < -0.39 is 30.3 Å². The maximum Gasteiger partial charge on any atom is 0.361 e. The van der Waals surface area contributed by atoms with E-state index in [2.05, 4.69) is 135 Å². The Morgan fingerprint density at radius 1 is 0.435 bits per heavy atom. The molecule has 0 aliphatic rings. The molecule has 0 rings (SSSR count). The number of allylic oxidation sites excluding steroid dienone is 20. The van der Waals surface area contributed by atoms with Crippen LogP contribution in [0.25, 0.3) is 0 Å². The highest BCUT2D eigenvalue weighted by Crippen LogP contribution is 2.14. The van der Waals surface area contributed by atoms with Crippen LogP contribution < -0.4 is 0 Å². The average molecular weight is 961 g/mol. The fraction of sp³-hybridized carbons (Fsp3) is 0.617. The molecule has 0 aliphatic carbocycles. The molecular formula is C60H98NO8+. The molecule has 9 nitrogen and oxygen atoms in total. The maximum absolute atomic E-state index is 12.8. The molecule has 1 N–H and O–H groups in total. The smallest absolute Gasteiger partial charge is 0.361 e. The zero-order chi connectivity index (χ0) is 50.6. The fourth-order valence-electron chi connectivity index (χ4n) is 6.66. The monoisotopic (exact) mass is 961 g/mol. The zero-order valence-electron chi connectivity index (χ0n) is 44.2. The number of carboxylic acids is 1. The Morgan fingerprint density at radius 3 is 1.20 bits per heavy atom. The number of rotatable bonds is 47. The quantitative estimate of drug-likeness (QED) is 0.0211. The van der Waals surface area contributed by atoms with E-state index in [9.17, 15) is 19.5 Å². The van der Waals surface area contributed by atoms with Gasteiger partial charge in [0.25, 0.3) is 6.29 Å². The van der Waals surface area contributed by atoms with Gasteiger partial charge in [-0.2, -0.15) is 0 Å². The molecule has 0 aliphatic heterocycles. The lowest BCUT2D eigenvalue weighted by atomic mass is 10.0.